The molecule has 0 bridgehead atoms. The molecule has 0 atom stereocenters. The van der Waals surface area contributed by atoms with Crippen molar-refractivity contribution < 1.29 is 4.86 Å². The molecule has 13 heavy (non-hydrogen) atoms. The first-order chi connectivity index (χ1) is 6.36. The van der Waals surface area contributed by atoms with Gasteiger partial charge in [0.1, 0.15) is 0 Å². The van der Waals surface area contributed by atoms with E-state index >= 15 is 0 Å². The minimum atomic E-state index is -0.232. The highest BCUT2D eigenvalue weighted by Crippen LogP contribution is 2.03. The molecule has 2 aromatic heterocycles. The fourth-order valence-electron chi connectivity index (χ4n) is 0.562. The lowest BCUT2D eigenvalue weighted by Gasteiger charge is -1.95. The normalized spacial score (nSPS) is 11.8. The van der Waals surface area contributed by atoms with Crippen molar-refractivity contribution in [3.8, 4) is 0 Å². The molecular weight excluding hydrogens is 180 g/mol. The molecule has 0 aliphatic heterocycles. The van der Waals surface area contributed by atoms with Crippen LogP contribution in [-0.4, -0.2) is 46.1 Å². The maximum atomic E-state index is 11.0. The van der Waals surface area contributed by atoms with E-state index in [1.165, 1.54) is 0 Å². The monoisotopic (exact) mass is 182 g/mol. The largest absolute Gasteiger partial charge is 0.721 e. The first-order valence-electron chi connectivity index (χ1n) is 3.02. The van der Waals surface area contributed by atoms with E-state index in [0.29, 0.717) is 0 Å². The van der Waals surface area contributed by atoms with E-state index in [4.69, 9.17) is 0 Å². The molecule has 0 saturated carbocycles. The summed E-state index contributed by atoms with van der Waals surface area (Å²) in [5.74, 6) is -0.343. The third-order valence-electron chi connectivity index (χ3n) is 1.02. The van der Waals surface area contributed by atoms with Crippen LogP contribution in [0, 0.1) is 5.21 Å². The van der Waals surface area contributed by atoms with E-state index in [0.717, 1.165) is 0 Å². The number of aromatic nitrogens is 8. The van der Waals surface area contributed by atoms with Crippen LogP contribution in [0.1, 0.15) is 0 Å². The second kappa shape index (κ2) is 2.88. The Morgan fingerprint density at radius 3 is 2.54 bits per heavy atom. The summed E-state index contributed by atoms with van der Waals surface area (Å²) in [4.78, 5) is 0.119. The van der Waals surface area contributed by atoms with E-state index in [-0.39, 0.29) is 16.8 Å². The van der Waals surface area contributed by atoms with Gasteiger partial charge in [0, 0.05) is 10.3 Å². The third kappa shape index (κ3) is 1.42. The molecule has 0 aliphatic carbocycles. The number of nitrogens with zero attached hydrogens (tertiary/aromatic N) is 8. The summed E-state index contributed by atoms with van der Waals surface area (Å²) in [6.07, 6.45) is 0. The number of azo groups is 1. The van der Waals surface area contributed by atoms with Crippen LogP contribution in [0.3, 0.4) is 0 Å². The van der Waals surface area contributed by atoms with Gasteiger partial charge in [-0.05, 0) is 5.21 Å². The number of tetrazole rings is 2. The van der Waals surface area contributed by atoms with Gasteiger partial charge in [0.2, 0.25) is 0 Å². The van der Waals surface area contributed by atoms with Crippen LogP contribution in [0.4, 0.5) is 11.9 Å². The van der Waals surface area contributed by atoms with Crippen molar-refractivity contribution in [2.24, 2.45) is 5.11 Å². The van der Waals surface area contributed by atoms with E-state index < -0.39 is 0 Å². The number of rotatable bonds is 2. The fourth-order valence-corrected chi connectivity index (χ4v) is 0.562. The van der Waals surface area contributed by atoms with Gasteiger partial charge in [0.25, 0.3) is 0 Å². The van der Waals surface area contributed by atoms with Crippen molar-refractivity contribution in [1.82, 2.24) is 41.2 Å². The molecule has 0 unspecified atom stereocenters. The first kappa shape index (κ1) is 7.20. The van der Waals surface area contributed by atoms with Gasteiger partial charge in [0.15, 0.2) is 0 Å². The molecule has 11 heteroatoms. The number of hydrogen-bond donors (Lipinski definition) is 2. The summed E-state index contributed by atoms with van der Waals surface area (Å²) in [5.41, 5.74) is 0. The lowest BCUT2D eigenvalue weighted by Crippen LogP contribution is -1.93. The van der Waals surface area contributed by atoms with Crippen LogP contribution in [0.5, 0.6) is 0 Å². The highest BCUT2D eigenvalue weighted by molar-refractivity contribution is 5.03. The second-order valence-corrected chi connectivity index (χ2v) is 1.80. The first-order valence-corrected chi connectivity index (χ1v) is 3.02. The summed E-state index contributed by atoms with van der Waals surface area (Å²) in [6.45, 7) is 0. The minimum absolute atomic E-state index is 0.111. The highest BCUT2D eigenvalue weighted by atomic mass is 16.5. The molecule has 66 valence electrons. The predicted octanol–water partition coefficient (Wildman–Crippen LogP) is -1.36. The zero-order valence-corrected chi connectivity index (χ0v) is 5.99. The van der Waals surface area contributed by atoms with Crippen LogP contribution < -0.4 is 0 Å². The van der Waals surface area contributed by atoms with Gasteiger partial charge in [0.05, 0.1) is 5.10 Å². The van der Waals surface area contributed by atoms with Crippen molar-refractivity contribution in [3.05, 3.63) is 5.21 Å². The Morgan fingerprint density at radius 1 is 1.15 bits per heavy atom. The van der Waals surface area contributed by atoms with Crippen molar-refractivity contribution in [3.63, 3.8) is 0 Å². The Labute approximate surface area is 69.4 Å². The maximum Gasteiger partial charge on any atom is 0.499 e. The SMILES string of the molecule is [O-]/[N+](=N/c1nn[nH]n1)c1nn[nH]n1. The average Bonchev–Trinajstić information content (AvgIpc) is 2.74. The number of H-pyrrole nitrogens is 2. The Kier molecular flexibility index (Phi) is 1.60. The van der Waals surface area contributed by atoms with Crippen molar-refractivity contribution >= 4 is 11.9 Å². The molecule has 0 aliphatic rings. The molecule has 0 radical (unpaired) electrons. The lowest BCUT2D eigenvalue weighted by atomic mass is 11.1. The lowest BCUT2D eigenvalue weighted by molar-refractivity contribution is -0.444. The molecule has 2 rings (SSSR count). The van der Waals surface area contributed by atoms with Crippen LogP contribution in [0.2, 0.25) is 0 Å². The molecule has 0 spiro atoms. The van der Waals surface area contributed by atoms with Gasteiger partial charge < -0.3 is 5.21 Å². The van der Waals surface area contributed by atoms with E-state index in [9.17, 15) is 5.21 Å². The maximum absolute atomic E-state index is 11.0. The molecule has 0 amide bonds. The summed E-state index contributed by atoms with van der Waals surface area (Å²) in [5, 5.41) is 38.6. The number of aromatic amines is 2. The quantitative estimate of drug-likeness (QED) is 0.331. The molecule has 2 N–H and O–H groups in total. The Balaban J connectivity index is 2.27. The van der Waals surface area contributed by atoms with Crippen molar-refractivity contribution in [2.75, 3.05) is 0 Å². The van der Waals surface area contributed by atoms with Crippen LogP contribution in [0.25, 0.3) is 0 Å². The summed E-state index contributed by atoms with van der Waals surface area (Å²) >= 11 is 0. The summed E-state index contributed by atoms with van der Waals surface area (Å²) in [6, 6.07) is 0. The number of hydrogen-bond acceptors (Lipinski definition) is 8. The molecule has 0 aromatic carbocycles. The van der Waals surface area contributed by atoms with Crippen LogP contribution in [0.15, 0.2) is 5.11 Å². The van der Waals surface area contributed by atoms with Crippen LogP contribution in [-0.2, 0) is 0 Å². The Hall–Kier alpha value is -2.46. The molecule has 0 saturated heterocycles. The predicted molar refractivity (Wildman–Crippen MR) is 33.7 cm³/mol. The molecule has 2 heterocycles. The van der Waals surface area contributed by atoms with E-state index in [1.54, 1.807) is 0 Å². The Morgan fingerprint density at radius 2 is 1.92 bits per heavy atom. The van der Waals surface area contributed by atoms with Crippen molar-refractivity contribution in [1.29, 1.82) is 0 Å². The smallest absolute Gasteiger partial charge is 0.499 e. The Bertz CT molecular complexity index is 384. The topological polar surface area (TPSA) is 147 Å². The van der Waals surface area contributed by atoms with Crippen molar-refractivity contribution in [2.45, 2.75) is 0 Å². The van der Waals surface area contributed by atoms with Gasteiger partial charge in [-0.3, -0.25) is 0 Å². The van der Waals surface area contributed by atoms with Gasteiger partial charge in [-0.15, -0.1) is 9.96 Å². The van der Waals surface area contributed by atoms with E-state index in [2.05, 4.69) is 46.4 Å². The van der Waals surface area contributed by atoms with Gasteiger partial charge >= 0.3 is 11.9 Å². The third-order valence-corrected chi connectivity index (χ3v) is 1.02. The second-order valence-electron chi connectivity index (χ2n) is 1.80. The summed E-state index contributed by atoms with van der Waals surface area (Å²) < 4.78 is 0. The molecule has 11 nitrogen and oxygen atoms in total. The number of nitrogens with one attached hydrogen (secondary N) is 2. The standard InChI is InChI=1S/C2H2N10O/c13-12(2-5-10-11-6-2)7-1-3-8-9-4-1/h(H,3,4,8,9)(H,5,6,10,11)/b12-7+. The van der Waals surface area contributed by atoms with Gasteiger partial charge in [-0.25, -0.2) is 0 Å². The van der Waals surface area contributed by atoms with Gasteiger partial charge in [-0.2, -0.15) is 5.21 Å². The minimum Gasteiger partial charge on any atom is -0.721 e. The average molecular weight is 182 g/mol. The zero-order valence-electron chi connectivity index (χ0n) is 5.99. The van der Waals surface area contributed by atoms with Crippen LogP contribution >= 0.6 is 0 Å². The molecule has 2 aromatic rings. The molecular formula is C2H2N10O. The zero-order chi connectivity index (χ0) is 9.10. The fraction of sp³-hybridized carbons (Fsp3) is 0. The highest BCUT2D eigenvalue weighted by Gasteiger charge is 2.09. The molecule has 0 fully saturated rings. The van der Waals surface area contributed by atoms with Gasteiger partial charge in [-0.1, -0.05) is 15.4 Å². The van der Waals surface area contributed by atoms with E-state index in [1.807, 2.05) is 0 Å². The summed E-state index contributed by atoms with van der Waals surface area (Å²) in [7, 11) is 0.